The highest BCUT2D eigenvalue weighted by molar-refractivity contribution is 7.80. The summed E-state index contributed by atoms with van der Waals surface area (Å²) in [7, 11) is 0. The third-order valence-corrected chi connectivity index (χ3v) is 5.37. The van der Waals surface area contributed by atoms with E-state index in [2.05, 4.69) is 25.5 Å². The Hall–Kier alpha value is -3.96. The van der Waals surface area contributed by atoms with E-state index in [1.165, 1.54) is 35.3 Å². The number of thiocarbonyl (C=S) groups is 1. The summed E-state index contributed by atoms with van der Waals surface area (Å²) in [6.07, 6.45) is -2.76. The zero-order valence-electron chi connectivity index (χ0n) is 18.8. The second-order valence-electron chi connectivity index (χ2n) is 7.71. The number of nitrogens with zero attached hydrogens (tertiary/aromatic N) is 3. The van der Waals surface area contributed by atoms with Crippen molar-refractivity contribution in [3.8, 4) is 22.8 Å². The SMILES string of the molecule is OCC[C@@H](NC(=S)Nc1ccc(-c2ncn(-c3ccc(OC(F)(F)F)cc3)n2)cc1)c1ccccc1. The number of benzene rings is 3. The molecule has 1 atom stereocenters. The van der Waals surface area contributed by atoms with Crippen LogP contribution in [0, 0.1) is 0 Å². The van der Waals surface area contributed by atoms with E-state index in [9.17, 15) is 18.3 Å². The lowest BCUT2D eigenvalue weighted by Crippen LogP contribution is -2.32. The van der Waals surface area contributed by atoms with Gasteiger partial charge >= 0.3 is 6.36 Å². The van der Waals surface area contributed by atoms with Crippen molar-refractivity contribution < 1.29 is 23.0 Å². The maximum atomic E-state index is 12.3. The largest absolute Gasteiger partial charge is 0.573 e. The molecule has 0 saturated carbocycles. The molecule has 4 aromatic rings. The van der Waals surface area contributed by atoms with Crippen molar-refractivity contribution in [2.75, 3.05) is 11.9 Å². The lowest BCUT2D eigenvalue weighted by molar-refractivity contribution is -0.274. The van der Waals surface area contributed by atoms with Gasteiger partial charge in [-0.05, 0) is 72.7 Å². The predicted molar refractivity (Wildman–Crippen MR) is 134 cm³/mol. The van der Waals surface area contributed by atoms with Gasteiger partial charge in [-0.2, -0.15) is 0 Å². The number of hydrogen-bond acceptors (Lipinski definition) is 5. The van der Waals surface area contributed by atoms with E-state index in [0.717, 1.165) is 16.8 Å². The lowest BCUT2D eigenvalue weighted by atomic mass is 10.0. The van der Waals surface area contributed by atoms with Crippen LogP contribution in [-0.4, -0.2) is 38.0 Å². The van der Waals surface area contributed by atoms with Crippen LogP contribution in [0.15, 0.2) is 85.2 Å². The molecule has 11 heteroatoms. The first-order chi connectivity index (χ1) is 17.3. The molecule has 0 aliphatic carbocycles. The molecule has 1 aromatic heterocycles. The normalized spacial score (nSPS) is 12.1. The number of hydrogen-bond donors (Lipinski definition) is 3. The fourth-order valence-electron chi connectivity index (χ4n) is 3.48. The van der Waals surface area contributed by atoms with Gasteiger partial charge in [0, 0.05) is 17.9 Å². The van der Waals surface area contributed by atoms with E-state index < -0.39 is 6.36 Å². The average Bonchev–Trinajstić information content (AvgIpc) is 3.35. The Morgan fingerprint density at radius 1 is 1.00 bits per heavy atom. The molecule has 186 valence electrons. The number of anilines is 1. The number of aliphatic hydroxyl groups is 1. The zero-order chi connectivity index (χ0) is 25.5. The van der Waals surface area contributed by atoms with Gasteiger partial charge in [0.05, 0.1) is 11.7 Å². The van der Waals surface area contributed by atoms with Crippen molar-refractivity contribution >= 4 is 23.0 Å². The van der Waals surface area contributed by atoms with Gasteiger partial charge in [-0.15, -0.1) is 18.3 Å². The van der Waals surface area contributed by atoms with E-state index in [4.69, 9.17) is 12.2 Å². The molecule has 0 spiro atoms. The molecular weight excluding hydrogens is 491 g/mol. The van der Waals surface area contributed by atoms with Crippen LogP contribution in [0.4, 0.5) is 18.9 Å². The van der Waals surface area contributed by atoms with Gasteiger partial charge in [0.2, 0.25) is 0 Å². The summed E-state index contributed by atoms with van der Waals surface area (Å²) in [5.74, 6) is 0.137. The van der Waals surface area contributed by atoms with Gasteiger partial charge in [0.25, 0.3) is 0 Å². The summed E-state index contributed by atoms with van der Waals surface area (Å²) >= 11 is 5.45. The van der Waals surface area contributed by atoms with Crippen LogP contribution in [0.3, 0.4) is 0 Å². The van der Waals surface area contributed by atoms with Crippen molar-refractivity contribution in [1.29, 1.82) is 0 Å². The summed E-state index contributed by atoms with van der Waals surface area (Å²) in [5, 5.41) is 20.6. The van der Waals surface area contributed by atoms with Crippen LogP contribution in [-0.2, 0) is 0 Å². The fraction of sp³-hybridized carbons (Fsp3) is 0.160. The molecule has 0 unspecified atom stereocenters. The Morgan fingerprint density at radius 3 is 2.33 bits per heavy atom. The van der Waals surface area contributed by atoms with Crippen molar-refractivity contribution in [1.82, 2.24) is 20.1 Å². The Morgan fingerprint density at radius 2 is 1.69 bits per heavy atom. The van der Waals surface area contributed by atoms with Crippen LogP contribution >= 0.6 is 12.2 Å². The van der Waals surface area contributed by atoms with E-state index in [0.29, 0.717) is 23.0 Å². The topological polar surface area (TPSA) is 84.2 Å². The summed E-state index contributed by atoms with van der Waals surface area (Å²) < 4.78 is 42.4. The minimum Gasteiger partial charge on any atom is -0.406 e. The molecule has 0 aliphatic rings. The number of alkyl halides is 3. The molecule has 0 aliphatic heterocycles. The smallest absolute Gasteiger partial charge is 0.406 e. The molecule has 7 nitrogen and oxygen atoms in total. The van der Waals surface area contributed by atoms with E-state index in [-0.39, 0.29) is 18.4 Å². The first-order valence-electron chi connectivity index (χ1n) is 10.9. The molecule has 0 bridgehead atoms. The summed E-state index contributed by atoms with van der Waals surface area (Å²) in [6.45, 7) is 0.0228. The van der Waals surface area contributed by atoms with Crippen LogP contribution in [0.5, 0.6) is 5.75 Å². The maximum absolute atomic E-state index is 12.3. The molecule has 4 rings (SSSR count). The second kappa shape index (κ2) is 11.2. The van der Waals surface area contributed by atoms with Gasteiger partial charge in [0.1, 0.15) is 12.1 Å². The number of nitrogens with one attached hydrogen (secondary N) is 2. The maximum Gasteiger partial charge on any atom is 0.573 e. The second-order valence-corrected chi connectivity index (χ2v) is 8.11. The summed E-state index contributed by atoms with van der Waals surface area (Å²) in [6, 6.07) is 22.3. The highest BCUT2D eigenvalue weighted by Crippen LogP contribution is 2.24. The Bertz CT molecular complexity index is 1280. The molecule has 0 amide bonds. The quantitative estimate of drug-likeness (QED) is 0.278. The number of ether oxygens (including phenoxy) is 1. The van der Waals surface area contributed by atoms with Crippen molar-refractivity contribution in [2.24, 2.45) is 0 Å². The van der Waals surface area contributed by atoms with Crippen LogP contribution < -0.4 is 15.4 Å². The molecule has 0 fully saturated rings. The standard InChI is InChI=1S/C25H22F3N5O2S/c26-25(27,28)35-21-12-10-20(11-13-21)33-16-29-23(32-33)18-6-8-19(9-7-18)30-24(36)31-22(14-15-34)17-4-2-1-3-5-17/h1-13,16,22,34H,14-15H2,(H2,30,31,36)/t22-/m1/s1. The van der Waals surface area contributed by atoms with Gasteiger partial charge < -0.3 is 20.5 Å². The van der Waals surface area contributed by atoms with E-state index in [1.807, 2.05) is 54.6 Å². The number of rotatable bonds is 8. The molecule has 1 heterocycles. The van der Waals surface area contributed by atoms with Gasteiger partial charge in [0.15, 0.2) is 10.9 Å². The fourth-order valence-corrected chi connectivity index (χ4v) is 3.75. The third kappa shape index (κ3) is 6.80. The van der Waals surface area contributed by atoms with Crippen molar-refractivity contribution in [2.45, 2.75) is 18.8 Å². The van der Waals surface area contributed by atoms with Gasteiger partial charge in [-0.3, -0.25) is 0 Å². The lowest BCUT2D eigenvalue weighted by Gasteiger charge is -2.20. The minimum absolute atomic E-state index is 0.0228. The zero-order valence-corrected chi connectivity index (χ0v) is 19.6. The molecule has 0 saturated heterocycles. The van der Waals surface area contributed by atoms with E-state index in [1.54, 1.807) is 0 Å². The van der Waals surface area contributed by atoms with Gasteiger partial charge in [-0.1, -0.05) is 30.3 Å². The van der Waals surface area contributed by atoms with Crippen molar-refractivity contribution in [3.63, 3.8) is 0 Å². The Kier molecular flexibility index (Phi) is 7.81. The first-order valence-corrected chi connectivity index (χ1v) is 11.3. The Balaban J connectivity index is 1.38. The molecule has 3 aromatic carbocycles. The molecule has 36 heavy (non-hydrogen) atoms. The number of aliphatic hydroxyl groups excluding tert-OH is 1. The molecule has 3 N–H and O–H groups in total. The van der Waals surface area contributed by atoms with Gasteiger partial charge in [-0.25, -0.2) is 9.67 Å². The highest BCUT2D eigenvalue weighted by atomic mass is 32.1. The van der Waals surface area contributed by atoms with Crippen LogP contribution in [0.1, 0.15) is 18.0 Å². The molecule has 0 radical (unpaired) electrons. The minimum atomic E-state index is -4.74. The Labute approximate surface area is 210 Å². The average molecular weight is 514 g/mol. The third-order valence-electron chi connectivity index (χ3n) is 5.15. The predicted octanol–water partition coefficient (Wildman–Crippen LogP) is 5.24. The van der Waals surface area contributed by atoms with Crippen LogP contribution in [0.2, 0.25) is 0 Å². The summed E-state index contributed by atoms with van der Waals surface area (Å²) in [5.41, 5.74) is 3.06. The van der Waals surface area contributed by atoms with Crippen LogP contribution in [0.25, 0.3) is 17.1 Å². The highest BCUT2D eigenvalue weighted by Gasteiger charge is 2.31. The number of aromatic nitrogens is 3. The molecular formula is C25H22F3N5O2S. The first kappa shape index (κ1) is 25.1. The number of halogens is 3. The monoisotopic (exact) mass is 513 g/mol. The summed E-state index contributed by atoms with van der Waals surface area (Å²) in [4.78, 5) is 4.29. The van der Waals surface area contributed by atoms with Crippen molar-refractivity contribution in [3.05, 3.63) is 90.8 Å². The van der Waals surface area contributed by atoms with E-state index >= 15 is 0 Å².